The van der Waals surface area contributed by atoms with Crippen LogP contribution in [0, 0.1) is 13.8 Å². The van der Waals surface area contributed by atoms with Crippen LogP contribution in [0.1, 0.15) is 47.1 Å². The topological polar surface area (TPSA) is 0 Å². The molecule has 0 radical (unpaired) electrons. The summed E-state index contributed by atoms with van der Waals surface area (Å²) < 4.78 is 0. The van der Waals surface area contributed by atoms with Gasteiger partial charge in [-0.15, -0.1) is 0 Å². The third kappa shape index (κ3) is 2.89. The van der Waals surface area contributed by atoms with Crippen molar-refractivity contribution in [3.05, 3.63) is 93.6 Å². The van der Waals surface area contributed by atoms with E-state index < -0.39 is 0 Å². The van der Waals surface area contributed by atoms with E-state index in [0.717, 1.165) is 6.42 Å². The Hall–Kier alpha value is -2.34. The van der Waals surface area contributed by atoms with Crippen molar-refractivity contribution in [2.24, 2.45) is 0 Å². The lowest BCUT2D eigenvalue weighted by molar-refractivity contribution is 0.838. The van der Waals surface area contributed by atoms with Gasteiger partial charge in [0, 0.05) is 0 Å². The second-order valence-electron chi connectivity index (χ2n) is 7.09. The van der Waals surface area contributed by atoms with Crippen molar-refractivity contribution >= 4 is 11.6 Å². The number of hydrogen-bond acceptors (Lipinski definition) is 0. The largest absolute Gasteiger partial charge is 0.0836 e. The summed E-state index contributed by atoms with van der Waals surface area (Å²) in [6.45, 7) is 4.36. The first kappa shape index (κ1) is 15.2. The number of benzene rings is 2. The molecule has 2 aliphatic rings. The molecule has 0 aromatic heterocycles. The summed E-state index contributed by atoms with van der Waals surface area (Å²) in [5.41, 5.74) is 11.4. The standard InChI is InChI=1S/C24H24/c1-17-6-5-7-19(14-17)16-24-22-9-4-3-8-20(22)11-12-21-15-18(2)10-13-23(21)24/h4-7,9-10,13-16H,3,8,11-12H2,1-2H3/b24-16+. The third-order valence-electron chi connectivity index (χ3n) is 5.17. The fourth-order valence-corrected chi connectivity index (χ4v) is 3.96. The molecule has 0 aliphatic heterocycles. The van der Waals surface area contributed by atoms with E-state index in [1.165, 1.54) is 58.2 Å². The molecule has 0 saturated heterocycles. The van der Waals surface area contributed by atoms with Gasteiger partial charge in [-0.25, -0.2) is 0 Å². The lowest BCUT2D eigenvalue weighted by atomic mass is 9.88. The smallest absolute Gasteiger partial charge is 0.0103 e. The van der Waals surface area contributed by atoms with Crippen molar-refractivity contribution in [1.29, 1.82) is 0 Å². The minimum atomic E-state index is 1.16. The van der Waals surface area contributed by atoms with Gasteiger partial charge in [-0.1, -0.05) is 71.3 Å². The van der Waals surface area contributed by atoms with Crippen LogP contribution >= 0.6 is 0 Å². The van der Waals surface area contributed by atoms with Crippen LogP contribution < -0.4 is 0 Å². The highest BCUT2D eigenvalue weighted by molar-refractivity contribution is 5.95. The van der Waals surface area contributed by atoms with Crippen LogP contribution in [0.3, 0.4) is 0 Å². The molecule has 2 aromatic rings. The lowest BCUT2D eigenvalue weighted by Crippen LogP contribution is -1.96. The molecule has 2 aliphatic carbocycles. The zero-order chi connectivity index (χ0) is 16.5. The van der Waals surface area contributed by atoms with E-state index in [-0.39, 0.29) is 0 Å². The Morgan fingerprint density at radius 2 is 1.75 bits per heavy atom. The molecule has 2 aromatic carbocycles. The average molecular weight is 312 g/mol. The van der Waals surface area contributed by atoms with Gasteiger partial charge >= 0.3 is 0 Å². The van der Waals surface area contributed by atoms with Crippen LogP contribution in [0.2, 0.25) is 0 Å². The summed E-state index contributed by atoms with van der Waals surface area (Å²) in [4.78, 5) is 0. The van der Waals surface area contributed by atoms with E-state index in [9.17, 15) is 0 Å². The van der Waals surface area contributed by atoms with E-state index in [1.54, 1.807) is 5.57 Å². The van der Waals surface area contributed by atoms with Gasteiger partial charge in [0.05, 0.1) is 0 Å². The summed E-state index contributed by atoms with van der Waals surface area (Å²) in [7, 11) is 0. The molecule has 120 valence electrons. The van der Waals surface area contributed by atoms with Gasteiger partial charge in [0.2, 0.25) is 0 Å². The predicted octanol–water partition coefficient (Wildman–Crippen LogP) is 6.44. The van der Waals surface area contributed by atoms with E-state index in [1.807, 2.05) is 0 Å². The van der Waals surface area contributed by atoms with Crippen molar-refractivity contribution in [1.82, 2.24) is 0 Å². The van der Waals surface area contributed by atoms with Crippen molar-refractivity contribution in [2.45, 2.75) is 39.5 Å². The Balaban J connectivity index is 1.93. The fraction of sp³-hybridized carbons (Fsp3) is 0.250. The Kier molecular flexibility index (Phi) is 3.98. The molecule has 0 bridgehead atoms. The first-order valence-electron chi connectivity index (χ1n) is 8.98. The first-order chi connectivity index (χ1) is 11.7. The third-order valence-corrected chi connectivity index (χ3v) is 5.17. The van der Waals surface area contributed by atoms with Gasteiger partial charge in [-0.2, -0.15) is 0 Å². The SMILES string of the molecule is Cc1cccc(/C=C2\C3=C(CCC=C3)CCc3cc(C)ccc32)c1. The monoisotopic (exact) mass is 312 g/mol. The van der Waals surface area contributed by atoms with Gasteiger partial charge < -0.3 is 0 Å². The van der Waals surface area contributed by atoms with E-state index in [4.69, 9.17) is 0 Å². The molecule has 0 fully saturated rings. The molecular formula is C24H24. The number of rotatable bonds is 1. The van der Waals surface area contributed by atoms with Crippen molar-refractivity contribution in [3.63, 3.8) is 0 Å². The Bertz CT molecular complexity index is 875. The molecular weight excluding hydrogens is 288 g/mol. The summed E-state index contributed by atoms with van der Waals surface area (Å²) >= 11 is 0. The zero-order valence-electron chi connectivity index (χ0n) is 14.6. The maximum absolute atomic E-state index is 2.39. The molecule has 0 heteroatoms. The maximum Gasteiger partial charge on any atom is -0.0103 e. The van der Waals surface area contributed by atoms with Gasteiger partial charge in [0.15, 0.2) is 0 Å². The van der Waals surface area contributed by atoms with Crippen molar-refractivity contribution in [2.75, 3.05) is 0 Å². The molecule has 4 rings (SSSR count). The molecule has 0 unspecified atom stereocenters. The first-order valence-corrected chi connectivity index (χ1v) is 8.98. The highest BCUT2D eigenvalue weighted by atomic mass is 14.2. The predicted molar refractivity (Wildman–Crippen MR) is 104 cm³/mol. The Labute approximate surface area is 145 Å². The maximum atomic E-state index is 2.39. The molecule has 0 nitrogen and oxygen atoms in total. The summed E-state index contributed by atoms with van der Waals surface area (Å²) in [6, 6.07) is 15.8. The molecule has 0 atom stereocenters. The quantitative estimate of drug-likeness (QED) is 0.568. The van der Waals surface area contributed by atoms with Crippen molar-refractivity contribution in [3.8, 4) is 0 Å². The molecule has 0 amide bonds. The van der Waals surface area contributed by atoms with Crippen LogP contribution in [0.15, 0.2) is 65.8 Å². The van der Waals surface area contributed by atoms with E-state index in [2.05, 4.69) is 74.5 Å². The van der Waals surface area contributed by atoms with Crippen LogP contribution in [-0.4, -0.2) is 0 Å². The molecule has 0 spiro atoms. The summed E-state index contributed by atoms with van der Waals surface area (Å²) in [5, 5.41) is 0. The van der Waals surface area contributed by atoms with Gasteiger partial charge in [-0.3, -0.25) is 0 Å². The minimum absolute atomic E-state index is 1.16. The van der Waals surface area contributed by atoms with Crippen LogP contribution in [0.4, 0.5) is 0 Å². The second kappa shape index (κ2) is 6.28. The molecule has 0 saturated carbocycles. The summed E-state index contributed by atoms with van der Waals surface area (Å²) in [5.74, 6) is 0. The van der Waals surface area contributed by atoms with Crippen LogP contribution in [0.5, 0.6) is 0 Å². The van der Waals surface area contributed by atoms with Crippen LogP contribution in [0.25, 0.3) is 11.6 Å². The highest BCUT2D eigenvalue weighted by Crippen LogP contribution is 2.39. The zero-order valence-corrected chi connectivity index (χ0v) is 14.6. The highest BCUT2D eigenvalue weighted by Gasteiger charge is 2.20. The van der Waals surface area contributed by atoms with Gasteiger partial charge in [0.1, 0.15) is 0 Å². The molecule has 0 heterocycles. The van der Waals surface area contributed by atoms with Gasteiger partial charge in [0.25, 0.3) is 0 Å². The second-order valence-corrected chi connectivity index (χ2v) is 7.09. The average Bonchev–Trinajstić information content (AvgIpc) is 2.73. The minimum Gasteiger partial charge on any atom is -0.0836 e. The van der Waals surface area contributed by atoms with E-state index in [0.29, 0.717) is 0 Å². The Morgan fingerprint density at radius 3 is 2.62 bits per heavy atom. The molecule has 0 N–H and O–H groups in total. The number of fused-ring (bicyclic) bond motifs is 1. The fourth-order valence-electron chi connectivity index (χ4n) is 3.96. The van der Waals surface area contributed by atoms with Crippen molar-refractivity contribution < 1.29 is 0 Å². The van der Waals surface area contributed by atoms with Crippen LogP contribution in [-0.2, 0) is 6.42 Å². The lowest BCUT2D eigenvalue weighted by Gasteiger charge is -2.17. The number of aryl methyl sites for hydroxylation is 3. The summed E-state index contributed by atoms with van der Waals surface area (Å²) in [6.07, 6.45) is 11.8. The Morgan fingerprint density at radius 1 is 0.875 bits per heavy atom. The van der Waals surface area contributed by atoms with E-state index >= 15 is 0 Å². The number of hydrogen-bond donors (Lipinski definition) is 0. The molecule has 24 heavy (non-hydrogen) atoms. The number of allylic oxidation sites excluding steroid dienone is 5. The normalized spacial score (nSPS) is 18.3. The van der Waals surface area contributed by atoms with Gasteiger partial charge in [-0.05, 0) is 73.4 Å².